The Labute approximate surface area is 102 Å². The van der Waals surface area contributed by atoms with Gasteiger partial charge in [0.2, 0.25) is 0 Å². The van der Waals surface area contributed by atoms with E-state index in [0.717, 1.165) is 20.8 Å². The van der Waals surface area contributed by atoms with Crippen LogP contribution < -0.4 is 4.74 Å². The van der Waals surface area contributed by atoms with Crippen LogP contribution in [-0.4, -0.2) is 4.98 Å². The third-order valence-electron chi connectivity index (χ3n) is 1.93. The van der Waals surface area contributed by atoms with Crippen molar-refractivity contribution in [3.63, 3.8) is 0 Å². The molecule has 0 atom stereocenters. The van der Waals surface area contributed by atoms with Crippen LogP contribution in [0, 0.1) is 10.5 Å². The Bertz CT molecular complexity index is 471. The molecule has 0 unspecified atom stereocenters. The van der Waals surface area contributed by atoms with E-state index < -0.39 is 0 Å². The standard InChI is InChI=1S/C12H10INO/c1-9-8-10(6-7-14-9)15-12-5-3-2-4-11(12)13/h2-8H,1H3. The van der Waals surface area contributed by atoms with Crippen molar-refractivity contribution in [2.24, 2.45) is 0 Å². The zero-order chi connectivity index (χ0) is 10.7. The van der Waals surface area contributed by atoms with Gasteiger partial charge >= 0.3 is 0 Å². The Morgan fingerprint density at radius 2 is 2.00 bits per heavy atom. The molecule has 1 heterocycles. The number of hydrogen-bond donors (Lipinski definition) is 0. The van der Waals surface area contributed by atoms with Crippen LogP contribution in [0.15, 0.2) is 42.6 Å². The third-order valence-corrected chi connectivity index (χ3v) is 2.82. The van der Waals surface area contributed by atoms with Gasteiger partial charge in [0.15, 0.2) is 0 Å². The fraction of sp³-hybridized carbons (Fsp3) is 0.0833. The Kier molecular flexibility index (Phi) is 3.20. The number of para-hydroxylation sites is 1. The van der Waals surface area contributed by atoms with Crippen LogP contribution in [0.5, 0.6) is 11.5 Å². The van der Waals surface area contributed by atoms with Gasteiger partial charge in [-0.15, -0.1) is 0 Å². The van der Waals surface area contributed by atoms with E-state index in [4.69, 9.17) is 4.74 Å². The van der Waals surface area contributed by atoms with Gasteiger partial charge in [0, 0.05) is 18.0 Å². The van der Waals surface area contributed by atoms with Crippen molar-refractivity contribution < 1.29 is 4.74 Å². The number of aryl methyl sites for hydroxylation is 1. The fourth-order valence-electron chi connectivity index (χ4n) is 1.24. The highest BCUT2D eigenvalue weighted by Crippen LogP contribution is 2.26. The Morgan fingerprint density at radius 3 is 2.73 bits per heavy atom. The molecule has 0 aliphatic heterocycles. The van der Waals surface area contributed by atoms with Crippen molar-refractivity contribution >= 4 is 22.6 Å². The van der Waals surface area contributed by atoms with Crippen LogP contribution in [-0.2, 0) is 0 Å². The zero-order valence-corrected chi connectivity index (χ0v) is 10.4. The number of halogens is 1. The van der Waals surface area contributed by atoms with Gasteiger partial charge in [-0.25, -0.2) is 0 Å². The molecule has 0 radical (unpaired) electrons. The summed E-state index contributed by atoms with van der Waals surface area (Å²) in [5.41, 5.74) is 0.957. The highest BCUT2D eigenvalue weighted by Gasteiger charge is 2.01. The Balaban J connectivity index is 2.26. The molecule has 2 aromatic rings. The molecule has 1 aromatic carbocycles. The molecule has 76 valence electrons. The average molecular weight is 311 g/mol. The van der Waals surface area contributed by atoms with Crippen LogP contribution in [0.3, 0.4) is 0 Å². The molecular formula is C12H10INO. The summed E-state index contributed by atoms with van der Waals surface area (Å²) in [6.07, 6.45) is 1.75. The molecule has 0 saturated carbocycles. The van der Waals surface area contributed by atoms with Gasteiger partial charge in [-0.1, -0.05) is 12.1 Å². The first-order valence-electron chi connectivity index (χ1n) is 4.61. The summed E-state index contributed by atoms with van der Waals surface area (Å²) in [5.74, 6) is 1.70. The van der Waals surface area contributed by atoms with E-state index in [9.17, 15) is 0 Å². The van der Waals surface area contributed by atoms with Crippen molar-refractivity contribution in [1.82, 2.24) is 4.98 Å². The molecule has 0 N–H and O–H groups in total. The first-order chi connectivity index (χ1) is 7.25. The number of rotatable bonds is 2. The van der Waals surface area contributed by atoms with E-state index in [1.165, 1.54) is 0 Å². The second-order valence-corrected chi connectivity index (χ2v) is 4.33. The van der Waals surface area contributed by atoms with Crippen molar-refractivity contribution in [3.05, 3.63) is 51.9 Å². The average Bonchev–Trinajstić information content (AvgIpc) is 2.22. The van der Waals surface area contributed by atoms with Gasteiger partial charge in [0.1, 0.15) is 11.5 Å². The molecule has 0 aliphatic carbocycles. The summed E-state index contributed by atoms with van der Waals surface area (Å²) < 4.78 is 6.84. The topological polar surface area (TPSA) is 22.1 Å². The molecule has 0 fully saturated rings. The van der Waals surface area contributed by atoms with Gasteiger partial charge in [-0.3, -0.25) is 4.98 Å². The largest absolute Gasteiger partial charge is 0.456 e. The van der Waals surface area contributed by atoms with Crippen molar-refractivity contribution in [1.29, 1.82) is 0 Å². The minimum atomic E-state index is 0.826. The lowest BCUT2D eigenvalue weighted by Crippen LogP contribution is -1.88. The number of hydrogen-bond acceptors (Lipinski definition) is 2. The summed E-state index contributed by atoms with van der Waals surface area (Å²) in [7, 11) is 0. The van der Waals surface area contributed by atoms with Gasteiger partial charge in [-0.05, 0) is 47.7 Å². The first-order valence-corrected chi connectivity index (χ1v) is 5.68. The van der Waals surface area contributed by atoms with Gasteiger partial charge in [0.05, 0.1) is 3.57 Å². The van der Waals surface area contributed by atoms with E-state index in [-0.39, 0.29) is 0 Å². The predicted octanol–water partition coefficient (Wildman–Crippen LogP) is 3.79. The zero-order valence-electron chi connectivity index (χ0n) is 8.27. The van der Waals surface area contributed by atoms with Gasteiger partial charge in [0.25, 0.3) is 0 Å². The molecule has 0 spiro atoms. The van der Waals surface area contributed by atoms with Crippen LogP contribution in [0.25, 0.3) is 0 Å². The lowest BCUT2D eigenvalue weighted by Gasteiger charge is -2.07. The quantitative estimate of drug-likeness (QED) is 0.787. The third kappa shape index (κ3) is 2.68. The second-order valence-electron chi connectivity index (χ2n) is 3.17. The molecule has 1 aromatic heterocycles. The molecule has 0 aliphatic rings. The van der Waals surface area contributed by atoms with E-state index in [0.29, 0.717) is 0 Å². The van der Waals surface area contributed by atoms with Gasteiger partial charge < -0.3 is 4.74 Å². The molecule has 2 rings (SSSR count). The lowest BCUT2D eigenvalue weighted by molar-refractivity contribution is 0.478. The van der Waals surface area contributed by atoms with Crippen molar-refractivity contribution in [2.75, 3.05) is 0 Å². The Morgan fingerprint density at radius 1 is 1.20 bits per heavy atom. The summed E-state index contributed by atoms with van der Waals surface area (Å²) in [6, 6.07) is 11.7. The number of aromatic nitrogens is 1. The molecule has 0 saturated heterocycles. The maximum Gasteiger partial charge on any atom is 0.140 e. The summed E-state index contributed by atoms with van der Waals surface area (Å²) >= 11 is 2.26. The number of ether oxygens (including phenoxy) is 1. The van der Waals surface area contributed by atoms with E-state index in [1.807, 2.05) is 43.3 Å². The van der Waals surface area contributed by atoms with E-state index >= 15 is 0 Å². The maximum atomic E-state index is 5.74. The summed E-state index contributed by atoms with van der Waals surface area (Å²) in [5, 5.41) is 0. The molecule has 15 heavy (non-hydrogen) atoms. The fourth-order valence-corrected chi connectivity index (χ4v) is 1.74. The van der Waals surface area contributed by atoms with Crippen LogP contribution in [0.1, 0.15) is 5.69 Å². The van der Waals surface area contributed by atoms with E-state index in [1.54, 1.807) is 6.20 Å². The first kappa shape index (κ1) is 10.4. The molecular weight excluding hydrogens is 301 g/mol. The molecule has 0 amide bonds. The highest BCUT2D eigenvalue weighted by molar-refractivity contribution is 14.1. The normalized spacial score (nSPS) is 10.0. The van der Waals surface area contributed by atoms with Crippen molar-refractivity contribution in [3.8, 4) is 11.5 Å². The Hall–Kier alpha value is -1.10. The smallest absolute Gasteiger partial charge is 0.140 e. The van der Waals surface area contributed by atoms with Crippen LogP contribution in [0.2, 0.25) is 0 Å². The summed E-state index contributed by atoms with van der Waals surface area (Å²) in [4.78, 5) is 4.12. The minimum Gasteiger partial charge on any atom is -0.456 e. The molecule has 0 bridgehead atoms. The number of pyridine rings is 1. The van der Waals surface area contributed by atoms with Crippen LogP contribution in [0.4, 0.5) is 0 Å². The monoisotopic (exact) mass is 311 g/mol. The molecule has 3 heteroatoms. The highest BCUT2D eigenvalue weighted by atomic mass is 127. The maximum absolute atomic E-state index is 5.74. The van der Waals surface area contributed by atoms with E-state index in [2.05, 4.69) is 27.6 Å². The summed E-state index contributed by atoms with van der Waals surface area (Å²) in [6.45, 7) is 1.95. The number of benzene rings is 1. The minimum absolute atomic E-state index is 0.826. The lowest BCUT2D eigenvalue weighted by atomic mass is 10.3. The SMILES string of the molecule is Cc1cc(Oc2ccccc2I)ccn1. The van der Waals surface area contributed by atoms with Crippen molar-refractivity contribution in [2.45, 2.75) is 6.92 Å². The van der Waals surface area contributed by atoms with Gasteiger partial charge in [-0.2, -0.15) is 0 Å². The molecule has 2 nitrogen and oxygen atoms in total. The number of nitrogens with zero attached hydrogens (tertiary/aromatic N) is 1. The second kappa shape index (κ2) is 4.61. The predicted molar refractivity (Wildman–Crippen MR) is 68.2 cm³/mol. The van der Waals surface area contributed by atoms with Crippen LogP contribution >= 0.6 is 22.6 Å².